The van der Waals surface area contributed by atoms with Gasteiger partial charge >= 0.3 is 6.18 Å². The summed E-state index contributed by atoms with van der Waals surface area (Å²) in [7, 11) is 0. The molecule has 1 amide bonds. The third-order valence-electron chi connectivity index (χ3n) is 5.41. The van der Waals surface area contributed by atoms with Gasteiger partial charge in [-0.1, -0.05) is 69.6 Å². The van der Waals surface area contributed by atoms with Crippen LogP contribution in [0.25, 0.3) is 0 Å². The summed E-state index contributed by atoms with van der Waals surface area (Å²) in [5, 5.41) is 5.84. The lowest BCUT2D eigenvalue weighted by Crippen LogP contribution is -2.25. The van der Waals surface area contributed by atoms with Gasteiger partial charge in [-0.05, 0) is 31.4 Å². The lowest BCUT2D eigenvalue weighted by Gasteiger charge is -2.12. The predicted octanol–water partition coefficient (Wildman–Crippen LogP) is 8.69. The van der Waals surface area contributed by atoms with Gasteiger partial charge in [-0.3, -0.25) is 9.48 Å². The van der Waals surface area contributed by atoms with Crippen molar-refractivity contribution >= 4 is 75.5 Å². The molecule has 0 aliphatic heterocycles. The van der Waals surface area contributed by atoms with E-state index in [1.54, 1.807) is 0 Å². The Bertz CT molecular complexity index is 1310. The lowest BCUT2D eigenvalue weighted by atomic mass is 10.2. The summed E-state index contributed by atoms with van der Waals surface area (Å²) in [5.41, 5.74) is -0.699. The molecule has 6 nitrogen and oxygen atoms in total. The van der Waals surface area contributed by atoms with E-state index >= 15 is 0 Å². The van der Waals surface area contributed by atoms with Crippen LogP contribution in [0.3, 0.4) is 0 Å². The lowest BCUT2D eigenvalue weighted by molar-refractivity contribution is -0.141. The van der Waals surface area contributed by atoms with Gasteiger partial charge in [0.05, 0.1) is 25.8 Å². The Labute approximate surface area is 238 Å². The van der Waals surface area contributed by atoms with Crippen molar-refractivity contribution in [1.29, 1.82) is 0 Å². The zero-order valence-corrected chi connectivity index (χ0v) is 23.0. The number of alkyl halides is 3. The van der Waals surface area contributed by atoms with E-state index in [9.17, 15) is 18.0 Å². The number of ether oxygens (including phenoxy) is 1. The molecule has 1 aliphatic carbocycles. The number of aryl methyl sites for hydroxylation is 1. The number of benzene rings is 1. The van der Waals surface area contributed by atoms with Gasteiger partial charge in [0, 0.05) is 19.0 Å². The molecule has 2 aromatic heterocycles. The minimum atomic E-state index is -4.64. The highest BCUT2D eigenvalue weighted by Gasteiger charge is 2.41. The van der Waals surface area contributed by atoms with Crippen LogP contribution in [0.15, 0.2) is 16.5 Å². The second-order valence-electron chi connectivity index (χ2n) is 8.11. The summed E-state index contributed by atoms with van der Waals surface area (Å²) < 4.78 is 51.9. The Morgan fingerprint density at radius 3 is 2.24 bits per heavy atom. The van der Waals surface area contributed by atoms with E-state index in [4.69, 9.17) is 78.8 Å². The highest BCUT2D eigenvalue weighted by molar-refractivity contribution is 6.55. The van der Waals surface area contributed by atoms with Gasteiger partial charge in [-0.15, -0.1) is 0 Å². The van der Waals surface area contributed by atoms with E-state index in [1.165, 1.54) is 16.8 Å². The molecule has 1 aliphatic rings. The average Bonchev–Trinajstić information content (AvgIpc) is 3.45. The number of hydrogen-bond donors (Lipinski definition) is 1. The topological polar surface area (TPSA) is 69.3 Å². The molecule has 2 heterocycles. The maximum absolute atomic E-state index is 13.2. The number of amides is 1. The van der Waals surface area contributed by atoms with E-state index in [0.29, 0.717) is 12.1 Å². The number of carbonyl (C=O) groups excluding carboxylic acids is 1. The van der Waals surface area contributed by atoms with Gasteiger partial charge in [0.1, 0.15) is 22.4 Å². The van der Waals surface area contributed by atoms with Crippen LogP contribution >= 0.6 is 69.6 Å². The normalized spacial score (nSPS) is 13.8. The first-order valence-electron chi connectivity index (χ1n) is 10.7. The van der Waals surface area contributed by atoms with Crippen molar-refractivity contribution in [2.24, 2.45) is 0 Å². The molecule has 0 saturated heterocycles. The monoisotopic (exact) mass is 637 g/mol. The number of hydrogen-bond acceptors (Lipinski definition) is 4. The van der Waals surface area contributed by atoms with E-state index < -0.39 is 17.8 Å². The Morgan fingerprint density at radius 1 is 1.03 bits per heavy atom. The van der Waals surface area contributed by atoms with Crippen LogP contribution in [-0.4, -0.2) is 22.2 Å². The van der Waals surface area contributed by atoms with Crippen molar-refractivity contribution in [2.45, 2.75) is 44.5 Å². The van der Waals surface area contributed by atoms with Crippen LogP contribution in [0, 0.1) is 0 Å². The maximum atomic E-state index is 13.2. The van der Waals surface area contributed by atoms with Crippen molar-refractivity contribution in [3.63, 3.8) is 0 Å². The number of halogens is 9. The molecule has 1 saturated carbocycles. The number of furan rings is 1. The molecule has 1 fully saturated rings. The van der Waals surface area contributed by atoms with Gasteiger partial charge in [-0.25, -0.2) is 0 Å². The zero-order valence-electron chi connectivity index (χ0n) is 18.5. The Hall–Kier alpha value is -1.49. The van der Waals surface area contributed by atoms with Crippen LogP contribution < -0.4 is 10.1 Å². The summed E-state index contributed by atoms with van der Waals surface area (Å²) in [6.07, 6.45) is -2.78. The molecule has 4 rings (SSSR count). The number of aromatic nitrogens is 2. The summed E-state index contributed by atoms with van der Waals surface area (Å²) in [6, 6.07) is 2.95. The van der Waals surface area contributed by atoms with Gasteiger partial charge in [-0.2, -0.15) is 18.3 Å². The van der Waals surface area contributed by atoms with Crippen LogP contribution in [0.1, 0.15) is 52.9 Å². The first-order chi connectivity index (χ1) is 17.4. The fraction of sp³-hybridized carbons (Fsp3) is 0.364. The molecule has 3 aromatic rings. The van der Waals surface area contributed by atoms with Crippen molar-refractivity contribution in [1.82, 2.24) is 15.1 Å². The molecule has 200 valence electrons. The summed E-state index contributed by atoms with van der Waals surface area (Å²) in [4.78, 5) is 12.4. The first kappa shape index (κ1) is 28.5. The second-order valence-corrected chi connectivity index (χ2v) is 10.4. The van der Waals surface area contributed by atoms with E-state index in [0.717, 1.165) is 12.8 Å². The second kappa shape index (κ2) is 11.3. The highest BCUT2D eigenvalue weighted by atomic mass is 35.5. The third-order valence-corrected chi connectivity index (χ3v) is 8.02. The highest BCUT2D eigenvalue weighted by Crippen LogP contribution is 2.49. The number of nitrogens with one attached hydrogen (secondary N) is 1. The molecule has 0 bridgehead atoms. The van der Waals surface area contributed by atoms with Crippen LogP contribution in [0.4, 0.5) is 13.2 Å². The predicted molar refractivity (Wildman–Crippen MR) is 136 cm³/mol. The van der Waals surface area contributed by atoms with E-state index in [-0.39, 0.29) is 73.0 Å². The summed E-state index contributed by atoms with van der Waals surface area (Å²) in [5.74, 6) is -0.262. The van der Waals surface area contributed by atoms with Crippen molar-refractivity contribution in [3.8, 4) is 5.75 Å². The fourth-order valence-corrected chi connectivity index (χ4v) is 5.13. The van der Waals surface area contributed by atoms with E-state index in [2.05, 4.69) is 10.4 Å². The van der Waals surface area contributed by atoms with Gasteiger partial charge in [0.25, 0.3) is 5.91 Å². The first-order valence-corrected chi connectivity index (χ1v) is 13.0. The van der Waals surface area contributed by atoms with Crippen LogP contribution in [-0.2, 0) is 19.3 Å². The molecular formula is C22H16Cl6F3N3O3. The smallest absolute Gasteiger partial charge is 0.436 e. The minimum Gasteiger partial charge on any atom is -0.482 e. The van der Waals surface area contributed by atoms with Crippen molar-refractivity contribution in [2.75, 3.05) is 6.54 Å². The number of rotatable bonds is 9. The van der Waals surface area contributed by atoms with Crippen molar-refractivity contribution < 1.29 is 27.1 Å². The van der Waals surface area contributed by atoms with Crippen LogP contribution in [0.2, 0.25) is 30.1 Å². The summed E-state index contributed by atoms with van der Waals surface area (Å²) >= 11 is 36.2. The quantitative estimate of drug-likeness (QED) is 0.144. The SMILES string of the molecule is O=C(NCCCn1nc(C(F)(F)F)c(Cl)c1C1CC1)c1ccc(COc2c(Cl)c(Cl)c(Cl)c(Cl)c2Cl)o1. The average molecular weight is 640 g/mol. The largest absolute Gasteiger partial charge is 0.482 e. The van der Waals surface area contributed by atoms with Crippen molar-refractivity contribution in [3.05, 3.63) is 65.2 Å². The Balaban J connectivity index is 1.31. The Kier molecular flexibility index (Phi) is 8.72. The maximum Gasteiger partial charge on any atom is 0.436 e. The third kappa shape index (κ3) is 6.23. The molecule has 37 heavy (non-hydrogen) atoms. The minimum absolute atomic E-state index is 0.00288. The fourth-order valence-electron chi connectivity index (χ4n) is 3.50. The molecule has 0 atom stereocenters. The van der Waals surface area contributed by atoms with Gasteiger partial charge < -0.3 is 14.5 Å². The molecule has 1 N–H and O–H groups in total. The molecule has 15 heteroatoms. The molecule has 0 unspecified atom stereocenters. The molecule has 1 aromatic carbocycles. The summed E-state index contributed by atoms with van der Waals surface area (Å²) in [6.45, 7) is 0.181. The molecule has 0 spiro atoms. The van der Waals surface area contributed by atoms with Gasteiger partial charge in [0.15, 0.2) is 17.2 Å². The Morgan fingerprint density at radius 2 is 1.65 bits per heavy atom. The van der Waals surface area contributed by atoms with E-state index in [1.807, 2.05) is 0 Å². The molecular weight excluding hydrogens is 624 g/mol. The number of carbonyl (C=O) groups is 1. The molecule has 0 radical (unpaired) electrons. The standard InChI is InChI=1S/C22H16Cl6F3N3O3/c23-12-13(24)15(26)19(16(27)14(12)25)36-8-10-4-5-11(37-10)21(35)32-6-1-7-34-18(9-2-3-9)17(28)20(33-34)22(29,30)31/h4-5,9H,1-3,6-8H2,(H,32,35). The van der Waals surface area contributed by atoms with Gasteiger partial charge in [0.2, 0.25) is 0 Å². The number of nitrogens with zero attached hydrogens (tertiary/aromatic N) is 2. The van der Waals surface area contributed by atoms with Crippen LogP contribution in [0.5, 0.6) is 5.75 Å². The zero-order chi connectivity index (χ0) is 27.1.